The number of amides is 1. The first-order chi connectivity index (χ1) is 9.06. The van der Waals surface area contributed by atoms with Crippen LogP contribution in [-0.4, -0.2) is 30.0 Å². The molecule has 0 unspecified atom stereocenters. The maximum absolute atomic E-state index is 12.1. The van der Waals surface area contributed by atoms with Crippen molar-refractivity contribution in [1.82, 2.24) is 15.6 Å². The fourth-order valence-corrected chi connectivity index (χ4v) is 3.56. The number of nitrogens with one attached hydrogen (secondary N) is 2. The number of aryl methyl sites for hydroxylation is 2. The third kappa shape index (κ3) is 4.01. The van der Waals surface area contributed by atoms with Crippen molar-refractivity contribution >= 4 is 17.2 Å². The summed E-state index contributed by atoms with van der Waals surface area (Å²) in [7, 11) is 0. The van der Waals surface area contributed by atoms with Gasteiger partial charge >= 0.3 is 0 Å². The van der Waals surface area contributed by atoms with Gasteiger partial charge in [-0.1, -0.05) is 0 Å². The smallest absolute Gasteiger partial charge is 0.223 e. The Morgan fingerprint density at radius 3 is 2.95 bits per heavy atom. The zero-order chi connectivity index (χ0) is 13.8. The summed E-state index contributed by atoms with van der Waals surface area (Å²) in [5.41, 5.74) is 1.10. The molecule has 19 heavy (non-hydrogen) atoms. The van der Waals surface area contributed by atoms with Gasteiger partial charge in [0, 0.05) is 29.8 Å². The Kier molecular flexibility index (Phi) is 4.93. The van der Waals surface area contributed by atoms with Crippen molar-refractivity contribution in [3.63, 3.8) is 0 Å². The van der Waals surface area contributed by atoms with E-state index in [1.807, 2.05) is 13.8 Å². The summed E-state index contributed by atoms with van der Waals surface area (Å²) in [6.07, 6.45) is 2.79. The minimum absolute atomic E-state index is 0.181. The second kappa shape index (κ2) is 6.48. The summed E-state index contributed by atoms with van der Waals surface area (Å²) in [4.78, 5) is 17.8. The minimum atomic E-state index is 0.181. The summed E-state index contributed by atoms with van der Waals surface area (Å²) in [6.45, 7) is 7.88. The van der Waals surface area contributed by atoms with E-state index in [1.165, 1.54) is 4.88 Å². The first kappa shape index (κ1) is 14.5. The molecule has 0 spiro atoms. The molecule has 1 aliphatic rings. The number of hydrogen-bond acceptors (Lipinski definition) is 4. The predicted octanol–water partition coefficient (Wildman–Crippen LogP) is 1.81. The molecule has 4 nitrogen and oxygen atoms in total. The Bertz CT molecular complexity index is 444. The summed E-state index contributed by atoms with van der Waals surface area (Å²) in [6, 6.07) is 0.455. The number of rotatable bonds is 4. The van der Waals surface area contributed by atoms with Gasteiger partial charge < -0.3 is 10.6 Å². The fraction of sp³-hybridized carbons (Fsp3) is 0.714. The molecule has 2 rings (SSSR count). The van der Waals surface area contributed by atoms with Gasteiger partial charge in [0.1, 0.15) is 0 Å². The predicted molar refractivity (Wildman–Crippen MR) is 78.5 cm³/mol. The monoisotopic (exact) mass is 281 g/mol. The number of thiazole rings is 1. The third-order valence-corrected chi connectivity index (χ3v) is 4.78. The topological polar surface area (TPSA) is 54.0 Å². The molecule has 2 heterocycles. The Hall–Kier alpha value is -0.940. The first-order valence-electron chi connectivity index (χ1n) is 7.00. The van der Waals surface area contributed by atoms with Gasteiger partial charge in [0.25, 0.3) is 0 Å². The molecule has 5 heteroatoms. The van der Waals surface area contributed by atoms with Crippen molar-refractivity contribution in [3.05, 3.63) is 15.6 Å². The van der Waals surface area contributed by atoms with E-state index in [-0.39, 0.29) is 11.8 Å². The zero-order valence-corrected chi connectivity index (χ0v) is 12.8. The molecule has 0 bridgehead atoms. The SMILES string of the molecule is Cc1nc(C)c(CCNC(=O)[C@H]2CCN[C@@H](C)C2)s1. The van der Waals surface area contributed by atoms with Gasteiger partial charge in [0.2, 0.25) is 5.91 Å². The first-order valence-corrected chi connectivity index (χ1v) is 7.82. The quantitative estimate of drug-likeness (QED) is 0.885. The number of carbonyl (C=O) groups excluding carboxylic acids is 1. The van der Waals surface area contributed by atoms with Crippen LogP contribution in [0.1, 0.15) is 35.3 Å². The lowest BCUT2D eigenvalue weighted by molar-refractivity contribution is -0.126. The van der Waals surface area contributed by atoms with E-state index < -0.39 is 0 Å². The van der Waals surface area contributed by atoms with Gasteiger partial charge in [0.05, 0.1) is 10.7 Å². The van der Waals surface area contributed by atoms with Crippen LogP contribution in [0.15, 0.2) is 0 Å². The number of aromatic nitrogens is 1. The van der Waals surface area contributed by atoms with Gasteiger partial charge in [-0.25, -0.2) is 4.98 Å². The maximum atomic E-state index is 12.1. The standard InChI is InChI=1S/C14H23N3OS/c1-9-8-12(4-6-15-9)14(18)16-7-5-13-10(2)17-11(3)19-13/h9,12,15H,4-8H2,1-3H3,(H,16,18)/t9-,12-/m0/s1. The Labute approximate surface area is 119 Å². The van der Waals surface area contributed by atoms with Crippen LogP contribution < -0.4 is 10.6 Å². The van der Waals surface area contributed by atoms with E-state index in [2.05, 4.69) is 22.5 Å². The Balaban J connectivity index is 1.76. The molecular weight excluding hydrogens is 258 g/mol. The van der Waals surface area contributed by atoms with Gasteiger partial charge in [-0.3, -0.25) is 4.79 Å². The Morgan fingerprint density at radius 1 is 1.53 bits per heavy atom. The molecule has 1 aromatic rings. The highest BCUT2D eigenvalue weighted by Gasteiger charge is 2.24. The molecular formula is C14H23N3OS. The fourth-order valence-electron chi connectivity index (χ4n) is 2.62. The van der Waals surface area contributed by atoms with E-state index >= 15 is 0 Å². The largest absolute Gasteiger partial charge is 0.355 e. The highest BCUT2D eigenvalue weighted by atomic mass is 32.1. The molecule has 1 fully saturated rings. The summed E-state index contributed by atoms with van der Waals surface area (Å²) >= 11 is 1.73. The van der Waals surface area contributed by atoms with Crippen molar-refractivity contribution in [2.45, 2.75) is 46.1 Å². The average Bonchev–Trinajstić information content (AvgIpc) is 2.68. The number of carbonyl (C=O) groups is 1. The van der Waals surface area contributed by atoms with Crippen LogP contribution in [0.4, 0.5) is 0 Å². The zero-order valence-electron chi connectivity index (χ0n) is 12.0. The van der Waals surface area contributed by atoms with Crippen LogP contribution >= 0.6 is 11.3 Å². The van der Waals surface area contributed by atoms with Crippen LogP contribution in [0.3, 0.4) is 0 Å². The van der Waals surface area contributed by atoms with E-state index in [4.69, 9.17) is 0 Å². The van der Waals surface area contributed by atoms with Crippen molar-refractivity contribution in [1.29, 1.82) is 0 Å². The number of hydrogen-bond donors (Lipinski definition) is 2. The molecule has 0 aliphatic carbocycles. The molecule has 106 valence electrons. The Morgan fingerprint density at radius 2 is 2.32 bits per heavy atom. The summed E-state index contributed by atoms with van der Waals surface area (Å²) < 4.78 is 0. The van der Waals surface area contributed by atoms with Gasteiger partial charge in [-0.2, -0.15) is 0 Å². The molecule has 1 amide bonds. The highest BCUT2D eigenvalue weighted by molar-refractivity contribution is 7.11. The van der Waals surface area contributed by atoms with Crippen LogP contribution in [0.5, 0.6) is 0 Å². The normalized spacial score (nSPS) is 23.3. The molecule has 2 N–H and O–H groups in total. The lowest BCUT2D eigenvalue weighted by Gasteiger charge is -2.27. The van der Waals surface area contributed by atoms with Crippen LogP contribution in [0.25, 0.3) is 0 Å². The van der Waals surface area contributed by atoms with Crippen LogP contribution in [0.2, 0.25) is 0 Å². The molecule has 1 aromatic heterocycles. The number of piperidine rings is 1. The third-order valence-electron chi connectivity index (χ3n) is 3.65. The molecule has 1 saturated heterocycles. The highest BCUT2D eigenvalue weighted by Crippen LogP contribution is 2.18. The van der Waals surface area contributed by atoms with E-state index in [1.54, 1.807) is 11.3 Å². The van der Waals surface area contributed by atoms with Crippen molar-refractivity contribution in [2.75, 3.05) is 13.1 Å². The maximum Gasteiger partial charge on any atom is 0.223 e. The molecule has 1 aliphatic heterocycles. The molecule has 0 radical (unpaired) electrons. The van der Waals surface area contributed by atoms with Crippen molar-refractivity contribution < 1.29 is 4.79 Å². The summed E-state index contributed by atoms with van der Waals surface area (Å²) in [5.74, 6) is 0.396. The van der Waals surface area contributed by atoms with E-state index in [9.17, 15) is 4.79 Å². The lowest BCUT2D eigenvalue weighted by atomic mass is 9.92. The molecule has 0 saturated carbocycles. The molecule has 2 atom stereocenters. The van der Waals surface area contributed by atoms with Crippen molar-refractivity contribution in [2.24, 2.45) is 5.92 Å². The number of nitrogens with zero attached hydrogens (tertiary/aromatic N) is 1. The van der Waals surface area contributed by atoms with Gasteiger partial charge in [-0.15, -0.1) is 11.3 Å². The minimum Gasteiger partial charge on any atom is -0.355 e. The second-order valence-electron chi connectivity index (χ2n) is 5.36. The average molecular weight is 281 g/mol. The van der Waals surface area contributed by atoms with Gasteiger partial charge in [-0.05, 0) is 40.2 Å². The van der Waals surface area contributed by atoms with Crippen LogP contribution in [0, 0.1) is 19.8 Å². The lowest BCUT2D eigenvalue weighted by Crippen LogP contribution is -2.42. The van der Waals surface area contributed by atoms with E-state index in [0.29, 0.717) is 6.04 Å². The van der Waals surface area contributed by atoms with E-state index in [0.717, 1.165) is 43.1 Å². The molecule has 0 aromatic carbocycles. The second-order valence-corrected chi connectivity index (χ2v) is 6.65. The van der Waals surface area contributed by atoms with Crippen molar-refractivity contribution in [3.8, 4) is 0 Å². The van der Waals surface area contributed by atoms with Gasteiger partial charge in [0.15, 0.2) is 0 Å². The summed E-state index contributed by atoms with van der Waals surface area (Å²) in [5, 5.41) is 7.55. The van der Waals surface area contributed by atoms with Crippen LogP contribution in [-0.2, 0) is 11.2 Å².